The minimum absolute atomic E-state index is 0.0954. The number of ether oxygens (including phenoxy) is 1. The van der Waals surface area contributed by atoms with Crippen LogP contribution in [0.25, 0.3) is 0 Å². The Hall–Kier alpha value is -0.610. The number of rotatable bonds is 8. The van der Waals surface area contributed by atoms with Crippen LogP contribution in [-0.4, -0.2) is 31.2 Å². The van der Waals surface area contributed by atoms with E-state index in [1.165, 1.54) is 0 Å². The van der Waals surface area contributed by atoms with E-state index in [2.05, 4.69) is 12.2 Å². The van der Waals surface area contributed by atoms with Gasteiger partial charge in [-0.25, -0.2) is 0 Å². The third kappa shape index (κ3) is 8.39. The molecule has 4 heteroatoms. The number of hydrogen-bond donors (Lipinski definition) is 2. The molecule has 0 aromatic carbocycles. The maximum atomic E-state index is 11.4. The van der Waals surface area contributed by atoms with Gasteiger partial charge in [0.1, 0.15) is 6.61 Å². The van der Waals surface area contributed by atoms with Crippen molar-refractivity contribution >= 4 is 5.91 Å². The molecular formula is C11H24N2O2. The number of carbonyl (C=O) groups is 1. The maximum absolute atomic E-state index is 11.4. The molecule has 0 fully saturated rings. The van der Waals surface area contributed by atoms with Gasteiger partial charge in [-0.05, 0) is 20.3 Å². The van der Waals surface area contributed by atoms with Gasteiger partial charge in [-0.15, -0.1) is 0 Å². The monoisotopic (exact) mass is 216 g/mol. The van der Waals surface area contributed by atoms with Gasteiger partial charge in [0.05, 0.1) is 0 Å². The molecule has 0 aliphatic carbocycles. The zero-order chi connectivity index (χ0) is 11.7. The Balaban J connectivity index is 3.49. The number of nitrogens with one attached hydrogen (secondary N) is 1. The van der Waals surface area contributed by atoms with Crippen molar-refractivity contribution in [1.82, 2.24) is 5.32 Å². The molecule has 0 unspecified atom stereocenters. The molecule has 0 rings (SSSR count). The summed E-state index contributed by atoms with van der Waals surface area (Å²) in [6.07, 6.45) is 3.33. The van der Waals surface area contributed by atoms with Gasteiger partial charge >= 0.3 is 0 Å². The van der Waals surface area contributed by atoms with Crippen molar-refractivity contribution in [3.63, 3.8) is 0 Å². The van der Waals surface area contributed by atoms with Crippen molar-refractivity contribution in [3.05, 3.63) is 0 Å². The molecule has 0 saturated heterocycles. The summed E-state index contributed by atoms with van der Waals surface area (Å²) in [5, 5.41) is 2.81. The van der Waals surface area contributed by atoms with Crippen molar-refractivity contribution in [1.29, 1.82) is 0 Å². The Morgan fingerprint density at radius 2 is 2.07 bits per heavy atom. The molecular weight excluding hydrogens is 192 g/mol. The van der Waals surface area contributed by atoms with Gasteiger partial charge in [-0.1, -0.05) is 19.8 Å². The average molecular weight is 216 g/mol. The van der Waals surface area contributed by atoms with E-state index >= 15 is 0 Å². The van der Waals surface area contributed by atoms with Gasteiger partial charge in [0, 0.05) is 18.7 Å². The van der Waals surface area contributed by atoms with Crippen LogP contribution in [0.1, 0.15) is 40.0 Å². The second kappa shape index (κ2) is 7.65. The van der Waals surface area contributed by atoms with Crippen molar-refractivity contribution in [2.24, 2.45) is 5.73 Å². The lowest BCUT2D eigenvalue weighted by atomic mass is 10.1. The van der Waals surface area contributed by atoms with Crippen LogP contribution < -0.4 is 11.1 Å². The largest absolute Gasteiger partial charge is 0.372 e. The smallest absolute Gasteiger partial charge is 0.246 e. The van der Waals surface area contributed by atoms with Crippen molar-refractivity contribution < 1.29 is 9.53 Å². The summed E-state index contributed by atoms with van der Waals surface area (Å²) in [4.78, 5) is 11.4. The molecule has 0 bridgehead atoms. The zero-order valence-corrected chi connectivity index (χ0v) is 10.1. The maximum Gasteiger partial charge on any atom is 0.246 e. The van der Waals surface area contributed by atoms with Gasteiger partial charge in [-0.3, -0.25) is 4.79 Å². The summed E-state index contributed by atoms with van der Waals surface area (Å²) < 4.78 is 5.24. The van der Waals surface area contributed by atoms with Crippen LogP contribution in [0.5, 0.6) is 0 Å². The molecule has 0 aliphatic rings. The Morgan fingerprint density at radius 1 is 1.40 bits per heavy atom. The summed E-state index contributed by atoms with van der Waals surface area (Å²) in [5.74, 6) is -0.0954. The second-order valence-corrected chi connectivity index (χ2v) is 4.40. The van der Waals surface area contributed by atoms with Crippen LogP contribution >= 0.6 is 0 Å². The molecule has 3 N–H and O–H groups in total. The second-order valence-electron chi connectivity index (χ2n) is 4.40. The van der Waals surface area contributed by atoms with Crippen LogP contribution in [0.15, 0.2) is 0 Å². The lowest BCUT2D eigenvalue weighted by molar-refractivity contribution is -0.127. The highest BCUT2D eigenvalue weighted by atomic mass is 16.5. The summed E-state index contributed by atoms with van der Waals surface area (Å²) in [7, 11) is 0. The van der Waals surface area contributed by atoms with Crippen LogP contribution in [0.2, 0.25) is 0 Å². The Bertz CT molecular complexity index is 181. The third-order valence-corrected chi connectivity index (χ3v) is 2.11. The first-order chi connectivity index (χ1) is 7.02. The first-order valence-electron chi connectivity index (χ1n) is 5.60. The molecule has 90 valence electrons. The highest BCUT2D eigenvalue weighted by Crippen LogP contribution is 1.98. The SMILES string of the molecule is CCCCCOCC(=O)NC(C)(C)CN. The van der Waals surface area contributed by atoms with Crippen LogP contribution in [0.3, 0.4) is 0 Å². The Labute approximate surface area is 92.6 Å². The van der Waals surface area contributed by atoms with Gasteiger partial charge < -0.3 is 15.8 Å². The number of carbonyl (C=O) groups excluding carboxylic acids is 1. The summed E-state index contributed by atoms with van der Waals surface area (Å²) in [6, 6.07) is 0. The highest BCUT2D eigenvalue weighted by molar-refractivity contribution is 5.77. The van der Waals surface area contributed by atoms with Crippen LogP contribution in [0, 0.1) is 0 Å². The van der Waals surface area contributed by atoms with Crippen molar-refractivity contribution in [3.8, 4) is 0 Å². The molecule has 0 spiro atoms. The molecule has 15 heavy (non-hydrogen) atoms. The molecule has 1 amide bonds. The fraction of sp³-hybridized carbons (Fsp3) is 0.909. The van der Waals surface area contributed by atoms with Crippen molar-refractivity contribution in [2.45, 2.75) is 45.6 Å². The van der Waals surface area contributed by atoms with Crippen molar-refractivity contribution in [2.75, 3.05) is 19.8 Å². The fourth-order valence-electron chi connectivity index (χ4n) is 1.08. The molecule has 0 aliphatic heterocycles. The molecule has 0 atom stereocenters. The quantitative estimate of drug-likeness (QED) is 0.596. The predicted molar refractivity (Wildman–Crippen MR) is 61.6 cm³/mol. The average Bonchev–Trinajstić information content (AvgIpc) is 2.17. The van der Waals surface area contributed by atoms with E-state index in [1.54, 1.807) is 0 Å². The Kier molecular flexibility index (Phi) is 7.34. The first-order valence-corrected chi connectivity index (χ1v) is 5.60. The van der Waals surface area contributed by atoms with E-state index in [0.717, 1.165) is 19.3 Å². The lowest BCUT2D eigenvalue weighted by Gasteiger charge is -2.24. The van der Waals surface area contributed by atoms with E-state index in [9.17, 15) is 4.79 Å². The normalized spacial score (nSPS) is 11.5. The van der Waals surface area contributed by atoms with E-state index < -0.39 is 0 Å². The van der Waals surface area contributed by atoms with E-state index in [1.807, 2.05) is 13.8 Å². The standard InChI is InChI=1S/C11H24N2O2/c1-4-5-6-7-15-8-10(14)13-11(2,3)9-12/h4-9,12H2,1-3H3,(H,13,14). The molecule has 0 heterocycles. The van der Waals surface area contributed by atoms with E-state index in [0.29, 0.717) is 13.2 Å². The molecule has 0 saturated carbocycles. The first kappa shape index (κ1) is 14.4. The predicted octanol–water partition coefficient (Wildman–Crippen LogP) is 1.05. The van der Waals surface area contributed by atoms with Gasteiger partial charge in [-0.2, -0.15) is 0 Å². The van der Waals surface area contributed by atoms with E-state index in [-0.39, 0.29) is 18.1 Å². The molecule has 0 aromatic rings. The third-order valence-electron chi connectivity index (χ3n) is 2.11. The zero-order valence-electron chi connectivity index (χ0n) is 10.1. The fourth-order valence-corrected chi connectivity index (χ4v) is 1.08. The summed E-state index contributed by atoms with van der Waals surface area (Å²) >= 11 is 0. The number of nitrogens with two attached hydrogens (primary N) is 1. The van der Waals surface area contributed by atoms with E-state index in [4.69, 9.17) is 10.5 Å². The van der Waals surface area contributed by atoms with Crippen LogP contribution in [-0.2, 0) is 9.53 Å². The summed E-state index contributed by atoms with van der Waals surface area (Å²) in [6.45, 7) is 7.13. The minimum Gasteiger partial charge on any atom is -0.372 e. The van der Waals surface area contributed by atoms with Crippen LogP contribution in [0.4, 0.5) is 0 Å². The van der Waals surface area contributed by atoms with Gasteiger partial charge in [0.2, 0.25) is 5.91 Å². The topological polar surface area (TPSA) is 64.3 Å². The highest BCUT2D eigenvalue weighted by Gasteiger charge is 2.17. The number of amides is 1. The van der Waals surface area contributed by atoms with Gasteiger partial charge in [0.25, 0.3) is 0 Å². The Morgan fingerprint density at radius 3 is 2.60 bits per heavy atom. The molecule has 0 aromatic heterocycles. The molecule has 0 radical (unpaired) electrons. The minimum atomic E-state index is -0.343. The number of unbranched alkanes of at least 4 members (excludes halogenated alkanes) is 2. The number of hydrogen-bond acceptors (Lipinski definition) is 3. The summed E-state index contributed by atoms with van der Waals surface area (Å²) in [5.41, 5.74) is 5.15. The molecule has 4 nitrogen and oxygen atoms in total. The van der Waals surface area contributed by atoms with Gasteiger partial charge in [0.15, 0.2) is 0 Å². The lowest BCUT2D eigenvalue weighted by Crippen LogP contribution is -2.50.